The summed E-state index contributed by atoms with van der Waals surface area (Å²) in [4.78, 5) is 7.80. The van der Waals surface area contributed by atoms with Crippen molar-refractivity contribution in [2.24, 2.45) is 0 Å². The summed E-state index contributed by atoms with van der Waals surface area (Å²) < 4.78 is 5.11. The van der Waals surface area contributed by atoms with Crippen molar-refractivity contribution in [3.63, 3.8) is 0 Å². The minimum atomic E-state index is 0.175. The van der Waals surface area contributed by atoms with Crippen LogP contribution in [-0.2, 0) is 0 Å². The van der Waals surface area contributed by atoms with Crippen molar-refractivity contribution in [3.8, 4) is 5.75 Å². The lowest BCUT2D eigenvalue weighted by Gasteiger charge is -2.09. The second kappa shape index (κ2) is 5.21. The van der Waals surface area contributed by atoms with Crippen molar-refractivity contribution in [3.05, 3.63) is 40.8 Å². The summed E-state index contributed by atoms with van der Waals surface area (Å²) >= 11 is 11.7. The zero-order chi connectivity index (χ0) is 12.3. The Labute approximate surface area is 109 Å². The second-order valence-corrected chi connectivity index (χ2v) is 3.93. The Kier molecular flexibility index (Phi) is 3.66. The molecule has 0 saturated heterocycles. The first-order valence-corrected chi connectivity index (χ1v) is 5.54. The molecule has 0 atom stereocenters. The molecule has 6 heteroatoms. The molecule has 17 heavy (non-hydrogen) atoms. The maximum Gasteiger partial charge on any atom is 0.224 e. The van der Waals surface area contributed by atoms with Gasteiger partial charge >= 0.3 is 0 Å². The van der Waals surface area contributed by atoms with E-state index in [1.807, 2.05) is 0 Å². The number of methoxy groups -OCH3 is 1. The molecule has 2 aromatic rings. The SMILES string of the molecule is COc1ccc(Cl)c(Nc2ccnc(Cl)n2)c1. The average molecular weight is 270 g/mol. The molecule has 0 radical (unpaired) electrons. The van der Waals surface area contributed by atoms with Crippen molar-refractivity contribution in [1.29, 1.82) is 0 Å². The molecule has 2 rings (SSSR count). The van der Waals surface area contributed by atoms with Gasteiger partial charge in [0, 0.05) is 12.3 Å². The number of hydrogen-bond acceptors (Lipinski definition) is 4. The lowest BCUT2D eigenvalue weighted by Crippen LogP contribution is -1.96. The number of benzene rings is 1. The molecule has 1 N–H and O–H groups in total. The lowest BCUT2D eigenvalue weighted by molar-refractivity contribution is 0.415. The average Bonchev–Trinajstić information content (AvgIpc) is 2.32. The molecule has 0 aliphatic rings. The molecule has 1 heterocycles. The molecule has 0 fully saturated rings. The quantitative estimate of drug-likeness (QED) is 0.866. The third-order valence-electron chi connectivity index (χ3n) is 2.06. The number of hydrogen-bond donors (Lipinski definition) is 1. The molecule has 0 saturated carbocycles. The van der Waals surface area contributed by atoms with Gasteiger partial charge in [0.15, 0.2) is 0 Å². The maximum atomic E-state index is 6.05. The topological polar surface area (TPSA) is 47.0 Å². The molecule has 1 aromatic heterocycles. The van der Waals surface area contributed by atoms with E-state index in [1.165, 1.54) is 0 Å². The van der Waals surface area contributed by atoms with E-state index in [-0.39, 0.29) is 5.28 Å². The Balaban J connectivity index is 2.29. The van der Waals surface area contributed by atoms with Gasteiger partial charge in [-0.3, -0.25) is 0 Å². The minimum Gasteiger partial charge on any atom is -0.497 e. The second-order valence-electron chi connectivity index (χ2n) is 3.18. The first kappa shape index (κ1) is 12.0. The highest BCUT2D eigenvalue weighted by molar-refractivity contribution is 6.33. The zero-order valence-corrected chi connectivity index (χ0v) is 10.5. The molecule has 0 unspecified atom stereocenters. The maximum absolute atomic E-state index is 6.05. The first-order chi connectivity index (χ1) is 8.19. The predicted molar refractivity (Wildman–Crippen MR) is 68.3 cm³/mol. The van der Waals surface area contributed by atoms with Crippen LogP contribution in [0.15, 0.2) is 30.5 Å². The molecular weight excluding hydrogens is 261 g/mol. The fraction of sp³-hybridized carbons (Fsp3) is 0.0909. The van der Waals surface area contributed by atoms with Crippen LogP contribution >= 0.6 is 23.2 Å². The highest BCUT2D eigenvalue weighted by Gasteiger charge is 2.04. The molecule has 0 aliphatic carbocycles. The lowest BCUT2D eigenvalue weighted by atomic mass is 10.3. The van der Waals surface area contributed by atoms with Crippen molar-refractivity contribution < 1.29 is 4.74 Å². The number of anilines is 2. The third-order valence-corrected chi connectivity index (χ3v) is 2.57. The van der Waals surface area contributed by atoms with E-state index in [0.717, 1.165) is 0 Å². The van der Waals surface area contributed by atoms with Crippen LogP contribution in [0.25, 0.3) is 0 Å². The summed E-state index contributed by atoms with van der Waals surface area (Å²) in [7, 11) is 1.59. The third kappa shape index (κ3) is 2.99. The molecule has 0 bridgehead atoms. The Morgan fingerprint density at radius 3 is 2.76 bits per heavy atom. The molecule has 4 nitrogen and oxygen atoms in total. The highest BCUT2D eigenvalue weighted by atomic mass is 35.5. The van der Waals surface area contributed by atoms with Gasteiger partial charge in [-0.25, -0.2) is 9.97 Å². The summed E-state index contributed by atoms with van der Waals surface area (Å²) in [5.74, 6) is 1.28. The largest absolute Gasteiger partial charge is 0.497 e. The van der Waals surface area contributed by atoms with Gasteiger partial charge in [-0.2, -0.15) is 0 Å². The normalized spacial score (nSPS) is 10.1. The van der Waals surface area contributed by atoms with E-state index in [2.05, 4.69) is 15.3 Å². The molecule has 0 spiro atoms. The van der Waals surface area contributed by atoms with Gasteiger partial charge in [0.05, 0.1) is 17.8 Å². The van der Waals surface area contributed by atoms with Crippen LogP contribution < -0.4 is 10.1 Å². The van der Waals surface area contributed by atoms with Crippen LogP contribution in [0.1, 0.15) is 0 Å². The van der Waals surface area contributed by atoms with E-state index in [0.29, 0.717) is 22.3 Å². The van der Waals surface area contributed by atoms with E-state index in [9.17, 15) is 0 Å². The number of halogens is 2. The Bertz CT molecular complexity index is 534. The fourth-order valence-corrected chi connectivity index (χ4v) is 1.58. The van der Waals surface area contributed by atoms with Crippen LogP contribution in [0, 0.1) is 0 Å². The number of nitrogens with one attached hydrogen (secondary N) is 1. The van der Waals surface area contributed by atoms with E-state index >= 15 is 0 Å². The van der Waals surface area contributed by atoms with Gasteiger partial charge in [0.25, 0.3) is 0 Å². The van der Waals surface area contributed by atoms with Gasteiger partial charge in [-0.05, 0) is 29.8 Å². The highest BCUT2D eigenvalue weighted by Crippen LogP contribution is 2.28. The van der Waals surface area contributed by atoms with Gasteiger partial charge in [-0.1, -0.05) is 11.6 Å². The molecule has 1 aromatic carbocycles. The Morgan fingerprint density at radius 2 is 2.06 bits per heavy atom. The van der Waals surface area contributed by atoms with Crippen LogP contribution in [0.4, 0.5) is 11.5 Å². The molecule has 88 valence electrons. The van der Waals surface area contributed by atoms with E-state index in [1.54, 1.807) is 37.6 Å². The number of aromatic nitrogens is 2. The molecule has 0 amide bonds. The first-order valence-electron chi connectivity index (χ1n) is 4.78. The number of ether oxygens (including phenoxy) is 1. The monoisotopic (exact) mass is 269 g/mol. The Morgan fingerprint density at radius 1 is 1.24 bits per heavy atom. The van der Waals surface area contributed by atoms with Crippen molar-refractivity contribution in [1.82, 2.24) is 9.97 Å². The van der Waals surface area contributed by atoms with Crippen molar-refractivity contribution >= 4 is 34.7 Å². The molecular formula is C11H9Cl2N3O. The van der Waals surface area contributed by atoms with Crippen molar-refractivity contribution in [2.45, 2.75) is 0 Å². The van der Waals surface area contributed by atoms with E-state index in [4.69, 9.17) is 27.9 Å². The number of rotatable bonds is 3. The van der Waals surface area contributed by atoms with Gasteiger partial charge < -0.3 is 10.1 Å². The zero-order valence-electron chi connectivity index (χ0n) is 8.95. The summed E-state index contributed by atoms with van der Waals surface area (Å²) in [5, 5.41) is 3.79. The summed E-state index contributed by atoms with van der Waals surface area (Å²) in [6.07, 6.45) is 1.56. The summed E-state index contributed by atoms with van der Waals surface area (Å²) in [5.41, 5.74) is 0.695. The van der Waals surface area contributed by atoms with Crippen LogP contribution in [0.3, 0.4) is 0 Å². The van der Waals surface area contributed by atoms with Gasteiger partial charge in [-0.15, -0.1) is 0 Å². The number of nitrogens with zero attached hydrogens (tertiary/aromatic N) is 2. The Hall–Kier alpha value is -1.52. The van der Waals surface area contributed by atoms with Gasteiger partial charge in [0.1, 0.15) is 11.6 Å². The van der Waals surface area contributed by atoms with Gasteiger partial charge in [0.2, 0.25) is 5.28 Å². The van der Waals surface area contributed by atoms with Crippen LogP contribution in [0.5, 0.6) is 5.75 Å². The molecule has 0 aliphatic heterocycles. The minimum absolute atomic E-state index is 0.175. The van der Waals surface area contributed by atoms with Crippen molar-refractivity contribution in [2.75, 3.05) is 12.4 Å². The summed E-state index contributed by atoms with van der Waals surface area (Å²) in [6.45, 7) is 0. The standard InChI is InChI=1S/C11H9Cl2N3O/c1-17-7-2-3-8(12)9(6-7)15-10-4-5-14-11(13)16-10/h2-6H,1H3,(H,14,15,16). The summed E-state index contributed by atoms with van der Waals surface area (Å²) in [6, 6.07) is 6.99. The predicted octanol–water partition coefficient (Wildman–Crippen LogP) is 3.54. The smallest absolute Gasteiger partial charge is 0.224 e. The van der Waals surface area contributed by atoms with E-state index < -0.39 is 0 Å². The van der Waals surface area contributed by atoms with Crippen LogP contribution in [-0.4, -0.2) is 17.1 Å². The fourth-order valence-electron chi connectivity index (χ4n) is 1.27. The van der Waals surface area contributed by atoms with Crippen LogP contribution in [0.2, 0.25) is 10.3 Å².